The second-order valence-electron chi connectivity index (χ2n) is 5.24. The van der Waals surface area contributed by atoms with Crippen LogP contribution in [0.1, 0.15) is 27.2 Å². The number of halogens is 1. The molecule has 2 unspecified atom stereocenters. The van der Waals surface area contributed by atoms with Crippen molar-refractivity contribution in [2.24, 2.45) is 5.92 Å². The van der Waals surface area contributed by atoms with Crippen LogP contribution in [-0.2, 0) is 4.79 Å². The number of carbonyl (C=O) groups is 1. The van der Waals surface area contributed by atoms with Gasteiger partial charge < -0.3 is 15.2 Å². The number of ether oxygens (including phenoxy) is 1. The maximum atomic E-state index is 11.8. The van der Waals surface area contributed by atoms with E-state index in [0.29, 0.717) is 18.1 Å². The number of hydrogen-bond acceptors (Lipinski definition) is 3. The third-order valence-corrected chi connectivity index (χ3v) is 3.28. The number of benzene rings is 1. The molecular formula is C15H22BrNO3. The lowest BCUT2D eigenvalue weighted by Gasteiger charge is -2.17. The average molecular weight is 344 g/mol. The standard InChI is InChI=1S/C15H22BrNO3/c1-10(2)8-13(18)9-17-15(19)11(3)20-14-6-4-12(16)5-7-14/h4-7,10-11,13,18H,8-9H2,1-3H3,(H,17,19). The molecule has 0 aliphatic carbocycles. The van der Waals surface area contributed by atoms with Crippen LogP contribution in [0.25, 0.3) is 0 Å². The highest BCUT2D eigenvalue weighted by atomic mass is 79.9. The van der Waals surface area contributed by atoms with E-state index in [2.05, 4.69) is 21.2 Å². The van der Waals surface area contributed by atoms with Gasteiger partial charge in [-0.05, 0) is 43.5 Å². The van der Waals surface area contributed by atoms with Crippen LogP contribution in [0.5, 0.6) is 5.75 Å². The fourth-order valence-corrected chi connectivity index (χ4v) is 2.02. The summed E-state index contributed by atoms with van der Waals surface area (Å²) in [7, 11) is 0. The van der Waals surface area contributed by atoms with E-state index in [1.54, 1.807) is 19.1 Å². The molecule has 112 valence electrons. The zero-order valence-electron chi connectivity index (χ0n) is 12.1. The molecular weight excluding hydrogens is 322 g/mol. The second-order valence-corrected chi connectivity index (χ2v) is 6.16. The van der Waals surface area contributed by atoms with Crippen molar-refractivity contribution in [3.8, 4) is 5.75 Å². The van der Waals surface area contributed by atoms with Gasteiger partial charge >= 0.3 is 0 Å². The molecule has 0 aliphatic heterocycles. The summed E-state index contributed by atoms with van der Waals surface area (Å²) < 4.78 is 6.49. The molecule has 0 heterocycles. The minimum Gasteiger partial charge on any atom is -0.481 e. The molecule has 1 aromatic carbocycles. The summed E-state index contributed by atoms with van der Waals surface area (Å²) in [6.45, 7) is 6.01. The summed E-state index contributed by atoms with van der Waals surface area (Å²) in [4.78, 5) is 11.8. The molecule has 0 bridgehead atoms. The summed E-state index contributed by atoms with van der Waals surface area (Å²) in [5.74, 6) is 0.813. The lowest BCUT2D eigenvalue weighted by molar-refractivity contribution is -0.127. The molecule has 0 fully saturated rings. The molecule has 5 heteroatoms. The van der Waals surface area contributed by atoms with Crippen LogP contribution in [0.2, 0.25) is 0 Å². The van der Waals surface area contributed by atoms with Crippen molar-refractivity contribution in [3.05, 3.63) is 28.7 Å². The maximum absolute atomic E-state index is 11.8. The van der Waals surface area contributed by atoms with Gasteiger partial charge in [0.15, 0.2) is 6.10 Å². The first kappa shape index (κ1) is 17.0. The SMILES string of the molecule is CC(C)CC(O)CNC(=O)C(C)Oc1ccc(Br)cc1. The molecule has 1 amide bonds. The number of rotatable bonds is 7. The molecule has 0 aromatic heterocycles. The predicted molar refractivity (Wildman–Crippen MR) is 82.7 cm³/mol. The topological polar surface area (TPSA) is 58.6 Å². The Morgan fingerprint density at radius 1 is 1.30 bits per heavy atom. The van der Waals surface area contributed by atoms with Gasteiger partial charge in [0.1, 0.15) is 5.75 Å². The van der Waals surface area contributed by atoms with Crippen molar-refractivity contribution >= 4 is 21.8 Å². The van der Waals surface area contributed by atoms with E-state index in [9.17, 15) is 9.90 Å². The molecule has 2 N–H and O–H groups in total. The fraction of sp³-hybridized carbons (Fsp3) is 0.533. The number of aliphatic hydroxyl groups is 1. The van der Waals surface area contributed by atoms with Crippen molar-refractivity contribution in [2.75, 3.05) is 6.54 Å². The Hall–Kier alpha value is -1.07. The summed E-state index contributed by atoms with van der Waals surface area (Å²) >= 11 is 3.34. The van der Waals surface area contributed by atoms with E-state index in [1.807, 2.05) is 26.0 Å². The quantitative estimate of drug-likeness (QED) is 0.800. The third kappa shape index (κ3) is 6.39. The highest BCUT2D eigenvalue weighted by molar-refractivity contribution is 9.10. The van der Waals surface area contributed by atoms with Gasteiger partial charge in [-0.15, -0.1) is 0 Å². The highest BCUT2D eigenvalue weighted by Gasteiger charge is 2.16. The first-order valence-corrected chi connectivity index (χ1v) is 7.55. The van der Waals surface area contributed by atoms with E-state index >= 15 is 0 Å². The average Bonchev–Trinajstić information content (AvgIpc) is 2.37. The van der Waals surface area contributed by atoms with Gasteiger partial charge in [0, 0.05) is 11.0 Å². The van der Waals surface area contributed by atoms with Crippen LogP contribution in [0.3, 0.4) is 0 Å². The van der Waals surface area contributed by atoms with E-state index < -0.39 is 12.2 Å². The minimum absolute atomic E-state index is 0.226. The van der Waals surface area contributed by atoms with E-state index in [1.165, 1.54) is 0 Å². The van der Waals surface area contributed by atoms with Crippen LogP contribution < -0.4 is 10.1 Å². The molecule has 1 rings (SSSR count). The molecule has 1 aromatic rings. The van der Waals surface area contributed by atoms with Gasteiger partial charge in [-0.1, -0.05) is 29.8 Å². The van der Waals surface area contributed by atoms with Gasteiger partial charge in [-0.2, -0.15) is 0 Å². The molecule has 2 atom stereocenters. The van der Waals surface area contributed by atoms with Crippen molar-refractivity contribution in [2.45, 2.75) is 39.4 Å². The molecule has 0 radical (unpaired) electrons. The Morgan fingerprint density at radius 3 is 2.45 bits per heavy atom. The first-order valence-electron chi connectivity index (χ1n) is 6.76. The molecule has 0 spiro atoms. The summed E-state index contributed by atoms with van der Waals surface area (Å²) in [5.41, 5.74) is 0. The minimum atomic E-state index is -0.595. The Morgan fingerprint density at radius 2 is 1.90 bits per heavy atom. The van der Waals surface area contributed by atoms with Crippen LogP contribution in [-0.4, -0.2) is 29.8 Å². The van der Waals surface area contributed by atoms with Gasteiger partial charge in [0.05, 0.1) is 6.10 Å². The van der Waals surface area contributed by atoms with E-state index in [-0.39, 0.29) is 12.5 Å². The van der Waals surface area contributed by atoms with Crippen molar-refractivity contribution in [1.82, 2.24) is 5.32 Å². The Kier molecular flexibility index (Phi) is 7.02. The largest absolute Gasteiger partial charge is 0.481 e. The number of aliphatic hydroxyl groups excluding tert-OH is 1. The molecule has 20 heavy (non-hydrogen) atoms. The van der Waals surface area contributed by atoms with E-state index in [4.69, 9.17) is 4.74 Å². The lowest BCUT2D eigenvalue weighted by Crippen LogP contribution is -2.40. The normalized spacial score (nSPS) is 13.9. The summed E-state index contributed by atoms with van der Waals surface area (Å²) in [6, 6.07) is 7.29. The highest BCUT2D eigenvalue weighted by Crippen LogP contribution is 2.17. The summed E-state index contributed by atoms with van der Waals surface area (Å²) in [6.07, 6.45) is -0.441. The van der Waals surface area contributed by atoms with Gasteiger partial charge in [0.2, 0.25) is 0 Å². The number of hydrogen-bond donors (Lipinski definition) is 2. The number of carbonyl (C=O) groups excluding carboxylic acids is 1. The van der Waals surface area contributed by atoms with Crippen molar-refractivity contribution < 1.29 is 14.6 Å². The number of nitrogens with one attached hydrogen (secondary N) is 1. The molecule has 0 aliphatic rings. The zero-order valence-corrected chi connectivity index (χ0v) is 13.7. The van der Waals surface area contributed by atoms with Crippen molar-refractivity contribution in [1.29, 1.82) is 0 Å². The molecule has 0 saturated heterocycles. The van der Waals surface area contributed by atoms with E-state index in [0.717, 1.165) is 4.47 Å². The maximum Gasteiger partial charge on any atom is 0.260 e. The van der Waals surface area contributed by atoms with Crippen LogP contribution in [0.15, 0.2) is 28.7 Å². The molecule has 0 saturated carbocycles. The van der Waals surface area contributed by atoms with Gasteiger partial charge in [0.25, 0.3) is 5.91 Å². The Balaban J connectivity index is 2.37. The van der Waals surface area contributed by atoms with Gasteiger partial charge in [-0.25, -0.2) is 0 Å². The fourth-order valence-electron chi connectivity index (χ4n) is 1.76. The predicted octanol–water partition coefficient (Wildman–Crippen LogP) is 2.74. The third-order valence-electron chi connectivity index (χ3n) is 2.75. The Labute approximate surface area is 128 Å². The van der Waals surface area contributed by atoms with Crippen LogP contribution in [0, 0.1) is 5.92 Å². The smallest absolute Gasteiger partial charge is 0.260 e. The number of amides is 1. The summed E-state index contributed by atoms with van der Waals surface area (Å²) in [5, 5.41) is 12.4. The van der Waals surface area contributed by atoms with Crippen molar-refractivity contribution in [3.63, 3.8) is 0 Å². The Bertz CT molecular complexity index is 420. The van der Waals surface area contributed by atoms with Crippen LogP contribution in [0.4, 0.5) is 0 Å². The first-order chi connectivity index (χ1) is 9.38. The molecule has 4 nitrogen and oxygen atoms in total. The second kappa shape index (κ2) is 8.27. The van der Waals surface area contributed by atoms with Crippen LogP contribution >= 0.6 is 15.9 Å². The lowest BCUT2D eigenvalue weighted by atomic mass is 10.1. The monoisotopic (exact) mass is 343 g/mol. The van der Waals surface area contributed by atoms with Gasteiger partial charge in [-0.3, -0.25) is 4.79 Å². The zero-order chi connectivity index (χ0) is 15.1.